The van der Waals surface area contributed by atoms with Crippen LogP contribution in [0.15, 0.2) is 54.6 Å². The molecule has 0 aliphatic carbocycles. The van der Waals surface area contributed by atoms with Crippen LogP contribution in [0.3, 0.4) is 0 Å². The molecule has 0 heterocycles. The van der Waals surface area contributed by atoms with E-state index in [1.54, 1.807) is 6.92 Å². The molecule has 2 aromatic rings. The monoisotopic (exact) mass is 243 g/mol. The van der Waals surface area contributed by atoms with Crippen molar-refractivity contribution in [2.75, 3.05) is 6.54 Å². The average Bonchev–Trinajstić information content (AvgIpc) is 2.40. The number of ether oxygens (including phenoxy) is 1. The predicted molar refractivity (Wildman–Crippen MR) is 71.6 cm³/mol. The molecule has 1 atom stereocenters. The predicted octanol–water partition coefficient (Wildman–Crippen LogP) is 2.65. The molecule has 3 nitrogen and oxygen atoms in total. The van der Waals surface area contributed by atoms with E-state index in [0.29, 0.717) is 0 Å². The van der Waals surface area contributed by atoms with E-state index >= 15 is 0 Å². The van der Waals surface area contributed by atoms with E-state index < -0.39 is 5.60 Å². The average molecular weight is 243 g/mol. The van der Waals surface area contributed by atoms with Crippen LogP contribution in [0.1, 0.15) is 12.5 Å². The van der Waals surface area contributed by atoms with Gasteiger partial charge in [0.15, 0.2) is 0 Å². The summed E-state index contributed by atoms with van der Waals surface area (Å²) in [7, 11) is 0. The van der Waals surface area contributed by atoms with Gasteiger partial charge in [-0.3, -0.25) is 0 Å². The van der Waals surface area contributed by atoms with E-state index in [9.17, 15) is 5.11 Å². The third-order valence-electron chi connectivity index (χ3n) is 2.85. The van der Waals surface area contributed by atoms with Gasteiger partial charge in [-0.1, -0.05) is 30.3 Å². The first-order valence-corrected chi connectivity index (χ1v) is 5.88. The molecule has 3 heteroatoms. The minimum atomic E-state index is -0.995. The summed E-state index contributed by atoms with van der Waals surface area (Å²) in [4.78, 5) is 0. The lowest BCUT2D eigenvalue weighted by molar-refractivity contribution is 0.0668. The molecule has 3 N–H and O–H groups in total. The van der Waals surface area contributed by atoms with Gasteiger partial charge in [0.2, 0.25) is 0 Å². The van der Waals surface area contributed by atoms with Crippen LogP contribution >= 0.6 is 0 Å². The Kier molecular flexibility index (Phi) is 3.65. The van der Waals surface area contributed by atoms with Crippen LogP contribution in [0, 0.1) is 0 Å². The zero-order valence-corrected chi connectivity index (χ0v) is 10.3. The Labute approximate surface area is 107 Å². The Morgan fingerprint density at radius 1 is 1.00 bits per heavy atom. The Morgan fingerprint density at radius 2 is 1.56 bits per heavy atom. The fourth-order valence-corrected chi connectivity index (χ4v) is 1.62. The normalized spacial score (nSPS) is 13.9. The molecule has 18 heavy (non-hydrogen) atoms. The van der Waals surface area contributed by atoms with Gasteiger partial charge in [0.25, 0.3) is 0 Å². The molecule has 1 unspecified atom stereocenters. The number of hydrogen-bond acceptors (Lipinski definition) is 3. The summed E-state index contributed by atoms with van der Waals surface area (Å²) in [5.41, 5.74) is 5.31. The van der Waals surface area contributed by atoms with Gasteiger partial charge in [0, 0.05) is 6.54 Å². The Hall–Kier alpha value is -1.84. The first-order valence-electron chi connectivity index (χ1n) is 5.88. The molecule has 0 spiro atoms. The molecule has 0 saturated carbocycles. The second-order valence-electron chi connectivity index (χ2n) is 4.42. The largest absolute Gasteiger partial charge is 0.457 e. The summed E-state index contributed by atoms with van der Waals surface area (Å²) in [6, 6.07) is 16.9. The van der Waals surface area contributed by atoms with Crippen LogP contribution in [-0.2, 0) is 5.60 Å². The van der Waals surface area contributed by atoms with Gasteiger partial charge in [-0.2, -0.15) is 0 Å². The van der Waals surface area contributed by atoms with Crippen molar-refractivity contribution in [3.8, 4) is 11.5 Å². The fourth-order valence-electron chi connectivity index (χ4n) is 1.62. The molecule has 0 saturated heterocycles. The highest BCUT2D eigenvalue weighted by atomic mass is 16.5. The number of aliphatic hydroxyl groups is 1. The summed E-state index contributed by atoms with van der Waals surface area (Å²) in [6.45, 7) is 1.88. The zero-order chi connectivity index (χ0) is 13.0. The second-order valence-corrected chi connectivity index (χ2v) is 4.42. The van der Waals surface area contributed by atoms with Crippen LogP contribution in [0.2, 0.25) is 0 Å². The highest BCUT2D eigenvalue weighted by molar-refractivity contribution is 5.34. The molecule has 0 aliphatic rings. The zero-order valence-electron chi connectivity index (χ0n) is 10.3. The maximum atomic E-state index is 10.0. The maximum absolute atomic E-state index is 10.0. The highest BCUT2D eigenvalue weighted by Gasteiger charge is 2.20. The third kappa shape index (κ3) is 2.88. The number of para-hydroxylation sites is 1. The maximum Gasteiger partial charge on any atom is 0.127 e. The second kappa shape index (κ2) is 5.21. The van der Waals surface area contributed by atoms with Gasteiger partial charge in [-0.15, -0.1) is 0 Å². The number of nitrogens with two attached hydrogens (primary N) is 1. The third-order valence-corrected chi connectivity index (χ3v) is 2.85. The van der Waals surface area contributed by atoms with Gasteiger partial charge in [0.1, 0.15) is 11.5 Å². The smallest absolute Gasteiger partial charge is 0.127 e. The molecule has 0 bridgehead atoms. The van der Waals surface area contributed by atoms with Crippen LogP contribution in [0.4, 0.5) is 0 Å². The van der Waals surface area contributed by atoms with Gasteiger partial charge in [0.05, 0.1) is 5.60 Å². The van der Waals surface area contributed by atoms with E-state index in [4.69, 9.17) is 10.5 Å². The molecule has 0 aliphatic heterocycles. The summed E-state index contributed by atoms with van der Waals surface area (Å²) in [5, 5.41) is 10.0. The summed E-state index contributed by atoms with van der Waals surface area (Å²) < 4.78 is 5.67. The van der Waals surface area contributed by atoms with E-state index in [2.05, 4.69) is 0 Å². The van der Waals surface area contributed by atoms with Crippen molar-refractivity contribution >= 4 is 0 Å². The SMILES string of the molecule is CC(O)(CN)c1ccc(Oc2ccccc2)cc1. The van der Waals surface area contributed by atoms with Crippen LogP contribution < -0.4 is 10.5 Å². The summed E-state index contributed by atoms with van der Waals surface area (Å²) >= 11 is 0. The number of benzene rings is 2. The molecule has 2 aromatic carbocycles. The lowest BCUT2D eigenvalue weighted by atomic mass is 9.96. The summed E-state index contributed by atoms with van der Waals surface area (Å²) in [6.07, 6.45) is 0. The van der Waals surface area contributed by atoms with Gasteiger partial charge < -0.3 is 15.6 Å². The van der Waals surface area contributed by atoms with Crippen molar-refractivity contribution in [1.82, 2.24) is 0 Å². The Bertz CT molecular complexity index is 492. The summed E-state index contributed by atoms with van der Waals surface area (Å²) in [5.74, 6) is 1.52. The van der Waals surface area contributed by atoms with Crippen LogP contribution in [0.5, 0.6) is 11.5 Å². The van der Waals surface area contributed by atoms with Gasteiger partial charge >= 0.3 is 0 Å². The van der Waals surface area contributed by atoms with E-state index in [1.165, 1.54) is 0 Å². The first kappa shape index (κ1) is 12.6. The van der Waals surface area contributed by atoms with Crippen molar-refractivity contribution in [1.29, 1.82) is 0 Å². The quantitative estimate of drug-likeness (QED) is 0.868. The van der Waals surface area contributed by atoms with Crippen LogP contribution in [-0.4, -0.2) is 11.7 Å². The van der Waals surface area contributed by atoms with Crippen molar-refractivity contribution in [3.05, 3.63) is 60.2 Å². The van der Waals surface area contributed by atoms with E-state index in [-0.39, 0.29) is 6.54 Å². The first-order chi connectivity index (χ1) is 8.62. The standard InChI is InChI=1S/C15H17NO2/c1-15(17,11-16)12-7-9-14(10-8-12)18-13-5-3-2-4-6-13/h2-10,17H,11,16H2,1H3. The van der Waals surface area contributed by atoms with Gasteiger partial charge in [-0.05, 0) is 36.8 Å². The van der Waals surface area contributed by atoms with Crippen molar-refractivity contribution < 1.29 is 9.84 Å². The van der Waals surface area contributed by atoms with Crippen molar-refractivity contribution in [3.63, 3.8) is 0 Å². The lowest BCUT2D eigenvalue weighted by Crippen LogP contribution is -2.31. The highest BCUT2D eigenvalue weighted by Crippen LogP contribution is 2.25. The van der Waals surface area contributed by atoms with Crippen molar-refractivity contribution in [2.45, 2.75) is 12.5 Å². The molecule has 2 rings (SSSR count). The van der Waals surface area contributed by atoms with Crippen molar-refractivity contribution in [2.24, 2.45) is 5.73 Å². The Balaban J connectivity index is 2.14. The lowest BCUT2D eigenvalue weighted by Gasteiger charge is -2.21. The number of hydrogen-bond donors (Lipinski definition) is 2. The molecule has 0 amide bonds. The Morgan fingerprint density at radius 3 is 2.11 bits per heavy atom. The molecule has 0 aromatic heterocycles. The topological polar surface area (TPSA) is 55.5 Å². The molecule has 0 radical (unpaired) electrons. The molecular weight excluding hydrogens is 226 g/mol. The molecular formula is C15H17NO2. The minimum Gasteiger partial charge on any atom is -0.457 e. The van der Waals surface area contributed by atoms with E-state index in [1.807, 2.05) is 54.6 Å². The number of rotatable bonds is 4. The van der Waals surface area contributed by atoms with Gasteiger partial charge in [-0.25, -0.2) is 0 Å². The van der Waals surface area contributed by atoms with E-state index in [0.717, 1.165) is 17.1 Å². The molecule has 0 fully saturated rings. The van der Waals surface area contributed by atoms with Crippen LogP contribution in [0.25, 0.3) is 0 Å². The fraction of sp³-hybridized carbons (Fsp3) is 0.200. The molecule has 94 valence electrons. The minimum absolute atomic E-state index is 0.186.